The zero-order chi connectivity index (χ0) is 17.4. The van der Waals surface area contributed by atoms with Crippen LogP contribution in [0.5, 0.6) is 11.5 Å². The van der Waals surface area contributed by atoms with Crippen molar-refractivity contribution in [2.75, 3.05) is 14.2 Å². The van der Waals surface area contributed by atoms with E-state index in [4.69, 9.17) is 48.7 Å². The highest BCUT2D eigenvalue weighted by Crippen LogP contribution is 2.46. The van der Waals surface area contributed by atoms with E-state index < -0.39 is 5.63 Å². The first-order chi connectivity index (χ1) is 11.5. The molecule has 0 amide bonds. The van der Waals surface area contributed by atoms with E-state index in [-0.39, 0.29) is 21.0 Å². The van der Waals surface area contributed by atoms with Gasteiger partial charge in [-0.05, 0) is 12.1 Å². The Morgan fingerprint density at radius 2 is 1.62 bits per heavy atom. The Hall–Kier alpha value is -1.95. The highest BCUT2D eigenvalue weighted by Gasteiger charge is 2.21. The molecule has 0 N–H and O–H groups in total. The van der Waals surface area contributed by atoms with Gasteiger partial charge in [0.05, 0.1) is 35.2 Å². The minimum absolute atomic E-state index is 0.170. The van der Waals surface area contributed by atoms with E-state index in [1.807, 2.05) is 0 Å². The van der Waals surface area contributed by atoms with Gasteiger partial charge < -0.3 is 13.9 Å². The third-order valence-corrected chi connectivity index (χ3v) is 4.39. The first-order valence-electron chi connectivity index (χ1n) is 6.66. The number of nitrogens with zero attached hydrogens (tertiary/aromatic N) is 1. The maximum atomic E-state index is 12.3. The molecule has 0 bridgehead atoms. The van der Waals surface area contributed by atoms with Crippen LogP contribution in [0.1, 0.15) is 0 Å². The molecule has 1 aromatic carbocycles. The fourth-order valence-electron chi connectivity index (χ4n) is 2.28. The van der Waals surface area contributed by atoms with Crippen LogP contribution in [0, 0.1) is 0 Å². The standard InChI is InChI=1S/C16H10Cl3NO4/c1-22-10-5-11(23-2)15(19)13(14(10)18)9-3-7-6-20-12(17)4-8(7)16(21)24-9/h3-6H,1-2H3. The second-order valence-electron chi connectivity index (χ2n) is 4.78. The summed E-state index contributed by atoms with van der Waals surface area (Å²) in [6.45, 7) is 0. The molecule has 5 nitrogen and oxygen atoms in total. The summed E-state index contributed by atoms with van der Waals surface area (Å²) in [5, 5.41) is 1.45. The lowest BCUT2D eigenvalue weighted by molar-refractivity contribution is 0.394. The van der Waals surface area contributed by atoms with E-state index in [1.54, 1.807) is 12.1 Å². The summed E-state index contributed by atoms with van der Waals surface area (Å²) in [7, 11) is 2.92. The minimum Gasteiger partial charge on any atom is -0.495 e. The van der Waals surface area contributed by atoms with Crippen molar-refractivity contribution in [1.29, 1.82) is 0 Å². The zero-order valence-corrected chi connectivity index (χ0v) is 14.8. The van der Waals surface area contributed by atoms with Crippen LogP contribution >= 0.6 is 34.8 Å². The average molecular weight is 387 g/mol. The van der Waals surface area contributed by atoms with Gasteiger partial charge in [-0.15, -0.1) is 0 Å². The summed E-state index contributed by atoms with van der Waals surface area (Å²) in [5.41, 5.74) is -0.288. The summed E-state index contributed by atoms with van der Waals surface area (Å²) in [5.74, 6) is 0.846. The molecule has 0 unspecified atom stereocenters. The molecule has 0 fully saturated rings. The number of benzene rings is 1. The van der Waals surface area contributed by atoms with Gasteiger partial charge in [0.25, 0.3) is 0 Å². The van der Waals surface area contributed by atoms with Gasteiger partial charge in [0.2, 0.25) is 0 Å². The van der Waals surface area contributed by atoms with Crippen molar-refractivity contribution in [3.05, 3.63) is 50.0 Å². The predicted molar refractivity (Wildman–Crippen MR) is 93.8 cm³/mol. The van der Waals surface area contributed by atoms with E-state index in [2.05, 4.69) is 4.98 Å². The average Bonchev–Trinajstić information content (AvgIpc) is 2.56. The van der Waals surface area contributed by atoms with Gasteiger partial charge >= 0.3 is 5.63 Å². The largest absolute Gasteiger partial charge is 0.495 e. The van der Waals surface area contributed by atoms with Crippen molar-refractivity contribution < 1.29 is 13.9 Å². The lowest BCUT2D eigenvalue weighted by Gasteiger charge is -2.14. The molecule has 0 saturated heterocycles. The molecule has 124 valence electrons. The number of methoxy groups -OCH3 is 2. The molecule has 0 aliphatic heterocycles. The second-order valence-corrected chi connectivity index (χ2v) is 5.92. The van der Waals surface area contributed by atoms with Crippen LogP contribution < -0.4 is 15.1 Å². The molecule has 3 aromatic rings. The predicted octanol–water partition coefficient (Wildman–Crippen LogP) is 4.83. The smallest absolute Gasteiger partial charge is 0.344 e. The molecule has 24 heavy (non-hydrogen) atoms. The number of aromatic nitrogens is 1. The fraction of sp³-hybridized carbons (Fsp3) is 0.125. The van der Waals surface area contributed by atoms with Crippen molar-refractivity contribution in [2.24, 2.45) is 0 Å². The maximum Gasteiger partial charge on any atom is 0.344 e. The van der Waals surface area contributed by atoms with E-state index in [0.29, 0.717) is 27.8 Å². The quantitative estimate of drug-likeness (QED) is 0.603. The molecule has 0 aliphatic carbocycles. The van der Waals surface area contributed by atoms with Crippen molar-refractivity contribution in [3.63, 3.8) is 0 Å². The Morgan fingerprint density at radius 3 is 2.21 bits per heavy atom. The first-order valence-corrected chi connectivity index (χ1v) is 7.79. The number of fused-ring (bicyclic) bond motifs is 1. The summed E-state index contributed by atoms with van der Waals surface area (Å²) < 4.78 is 15.8. The first kappa shape index (κ1) is 16.9. The second kappa shape index (κ2) is 6.51. The molecule has 2 heterocycles. The summed E-state index contributed by atoms with van der Waals surface area (Å²) in [4.78, 5) is 16.2. The SMILES string of the molecule is COc1cc(OC)c(Cl)c(-c2cc3cnc(Cl)cc3c(=O)o2)c1Cl. The Morgan fingerprint density at radius 1 is 1.00 bits per heavy atom. The molecule has 0 atom stereocenters. The molecular weight excluding hydrogens is 377 g/mol. The molecule has 0 aliphatic rings. The Bertz CT molecular complexity index is 973. The van der Waals surface area contributed by atoms with Crippen LogP contribution in [0.4, 0.5) is 0 Å². The Labute approximate surface area is 151 Å². The van der Waals surface area contributed by atoms with Gasteiger partial charge in [-0.2, -0.15) is 0 Å². The number of halogens is 3. The minimum atomic E-state index is -0.583. The molecule has 2 aromatic heterocycles. The van der Waals surface area contributed by atoms with Crippen LogP contribution in [0.25, 0.3) is 22.1 Å². The van der Waals surface area contributed by atoms with Crippen LogP contribution in [-0.4, -0.2) is 19.2 Å². The number of hydrogen-bond donors (Lipinski definition) is 0. The fourth-order valence-corrected chi connectivity index (χ4v) is 3.13. The molecule has 0 spiro atoms. The number of ether oxygens (including phenoxy) is 2. The maximum absolute atomic E-state index is 12.3. The van der Waals surface area contributed by atoms with E-state index >= 15 is 0 Å². The molecular formula is C16H10Cl3NO4. The van der Waals surface area contributed by atoms with Crippen molar-refractivity contribution in [2.45, 2.75) is 0 Å². The lowest BCUT2D eigenvalue weighted by atomic mass is 10.1. The zero-order valence-electron chi connectivity index (χ0n) is 12.5. The van der Waals surface area contributed by atoms with Crippen LogP contribution in [-0.2, 0) is 0 Å². The third-order valence-electron chi connectivity index (χ3n) is 3.43. The Kier molecular flexibility index (Phi) is 4.58. The topological polar surface area (TPSA) is 61.6 Å². The Balaban J connectivity index is 2.35. The summed E-state index contributed by atoms with van der Waals surface area (Å²) >= 11 is 18.5. The third kappa shape index (κ3) is 2.79. The highest BCUT2D eigenvalue weighted by atomic mass is 35.5. The summed E-state index contributed by atoms with van der Waals surface area (Å²) in [6.07, 6.45) is 1.47. The van der Waals surface area contributed by atoms with E-state index in [9.17, 15) is 4.79 Å². The van der Waals surface area contributed by atoms with Crippen LogP contribution in [0.15, 0.2) is 33.6 Å². The molecule has 8 heteroatoms. The monoisotopic (exact) mass is 385 g/mol. The lowest BCUT2D eigenvalue weighted by Crippen LogP contribution is -2.02. The van der Waals surface area contributed by atoms with Gasteiger partial charge in [0.1, 0.15) is 22.4 Å². The van der Waals surface area contributed by atoms with Gasteiger partial charge in [-0.25, -0.2) is 9.78 Å². The number of pyridine rings is 1. The van der Waals surface area contributed by atoms with Crippen molar-refractivity contribution >= 4 is 45.6 Å². The van der Waals surface area contributed by atoms with Crippen molar-refractivity contribution in [3.8, 4) is 22.8 Å². The van der Waals surface area contributed by atoms with Gasteiger partial charge in [-0.3, -0.25) is 0 Å². The molecule has 0 radical (unpaired) electrons. The van der Waals surface area contributed by atoms with Gasteiger partial charge in [0, 0.05) is 17.6 Å². The number of rotatable bonds is 3. The molecule has 0 saturated carbocycles. The highest BCUT2D eigenvalue weighted by molar-refractivity contribution is 6.41. The summed E-state index contributed by atoms with van der Waals surface area (Å²) in [6, 6.07) is 4.59. The van der Waals surface area contributed by atoms with E-state index in [1.165, 1.54) is 26.5 Å². The normalized spacial score (nSPS) is 10.9. The van der Waals surface area contributed by atoms with Gasteiger partial charge in [-0.1, -0.05) is 34.8 Å². The van der Waals surface area contributed by atoms with E-state index in [0.717, 1.165) is 0 Å². The van der Waals surface area contributed by atoms with Crippen molar-refractivity contribution in [1.82, 2.24) is 4.98 Å². The van der Waals surface area contributed by atoms with Crippen LogP contribution in [0.2, 0.25) is 15.2 Å². The van der Waals surface area contributed by atoms with Crippen LogP contribution in [0.3, 0.4) is 0 Å². The van der Waals surface area contributed by atoms with Gasteiger partial charge in [0.15, 0.2) is 0 Å². The number of hydrogen-bond acceptors (Lipinski definition) is 5. The molecule has 3 rings (SSSR count).